The zero-order valence-electron chi connectivity index (χ0n) is 37.1. The van der Waals surface area contributed by atoms with Crippen molar-refractivity contribution in [1.29, 1.82) is 0 Å². The minimum absolute atomic E-state index is 0.0789. The summed E-state index contributed by atoms with van der Waals surface area (Å²) in [6.45, 7) is 25.3. The number of fused-ring (bicyclic) bond motifs is 7. The number of hydrogen-bond acceptors (Lipinski definition) is 7. The minimum Gasteiger partial charge on any atom is -0.481 e. The van der Waals surface area contributed by atoms with E-state index in [9.17, 15) is 19.5 Å². The van der Waals surface area contributed by atoms with Crippen LogP contribution in [0.5, 0.6) is 0 Å². The van der Waals surface area contributed by atoms with E-state index in [-0.39, 0.29) is 51.6 Å². The predicted molar refractivity (Wildman–Crippen MR) is 223 cm³/mol. The van der Waals surface area contributed by atoms with E-state index < -0.39 is 17.4 Å². The number of nitrogens with zero attached hydrogens (tertiary/aromatic N) is 3. The number of carboxylic acid groups (broad SMARTS) is 1. The summed E-state index contributed by atoms with van der Waals surface area (Å²) in [7, 11) is 4.29. The van der Waals surface area contributed by atoms with Crippen LogP contribution in [-0.2, 0) is 19.1 Å². The summed E-state index contributed by atoms with van der Waals surface area (Å²) < 4.78 is 6.21. The van der Waals surface area contributed by atoms with Gasteiger partial charge in [0.05, 0.1) is 17.5 Å². The molecule has 0 aromatic carbocycles. The van der Waals surface area contributed by atoms with Gasteiger partial charge in [-0.3, -0.25) is 24.3 Å². The van der Waals surface area contributed by atoms with Crippen molar-refractivity contribution in [3.63, 3.8) is 0 Å². The molecule has 0 saturated heterocycles. The molecule has 312 valence electrons. The molecule has 1 heterocycles. The Morgan fingerprint density at radius 1 is 0.911 bits per heavy atom. The van der Waals surface area contributed by atoms with Crippen molar-refractivity contribution in [2.75, 3.05) is 33.7 Å². The maximum Gasteiger partial charge on any atom is 0.309 e. The van der Waals surface area contributed by atoms with Gasteiger partial charge in [0.25, 0.3) is 0 Å². The zero-order chi connectivity index (χ0) is 41.2. The number of ketones is 1. The molecule has 0 spiro atoms. The Morgan fingerprint density at radius 3 is 2.25 bits per heavy atom. The van der Waals surface area contributed by atoms with Crippen molar-refractivity contribution < 1.29 is 24.2 Å². The Morgan fingerprint density at radius 2 is 1.62 bits per heavy atom. The van der Waals surface area contributed by atoms with Crippen LogP contribution in [0.1, 0.15) is 152 Å². The van der Waals surface area contributed by atoms with E-state index in [1.54, 1.807) is 19.4 Å². The molecule has 4 fully saturated rings. The van der Waals surface area contributed by atoms with Crippen molar-refractivity contribution in [1.82, 2.24) is 14.8 Å². The van der Waals surface area contributed by atoms with Gasteiger partial charge in [-0.1, -0.05) is 60.1 Å². The van der Waals surface area contributed by atoms with Gasteiger partial charge in [0.2, 0.25) is 0 Å². The van der Waals surface area contributed by atoms with Crippen LogP contribution < -0.4 is 0 Å². The van der Waals surface area contributed by atoms with Crippen molar-refractivity contribution >= 4 is 17.7 Å². The van der Waals surface area contributed by atoms with Gasteiger partial charge in [0.1, 0.15) is 6.10 Å². The van der Waals surface area contributed by atoms with Gasteiger partial charge in [-0.25, -0.2) is 0 Å². The largest absolute Gasteiger partial charge is 0.481 e. The summed E-state index contributed by atoms with van der Waals surface area (Å²) in [5, 5.41) is 9.65. The van der Waals surface area contributed by atoms with Crippen molar-refractivity contribution in [3.05, 3.63) is 41.2 Å². The third kappa shape index (κ3) is 7.13. The normalized spacial score (nSPS) is 35.9. The Hall–Kier alpha value is -2.58. The molecule has 0 aliphatic heterocycles. The fourth-order valence-corrected chi connectivity index (χ4v) is 13.9. The smallest absolute Gasteiger partial charge is 0.309 e. The average molecular weight is 774 g/mol. The average Bonchev–Trinajstić information content (AvgIpc) is 3.41. The van der Waals surface area contributed by atoms with Crippen molar-refractivity contribution in [2.24, 2.45) is 56.2 Å². The fourth-order valence-electron chi connectivity index (χ4n) is 13.9. The van der Waals surface area contributed by atoms with Crippen LogP contribution in [0.3, 0.4) is 0 Å². The molecule has 8 nitrogen and oxygen atoms in total. The summed E-state index contributed by atoms with van der Waals surface area (Å²) in [6, 6.07) is 6.43. The third-order valence-corrected chi connectivity index (χ3v) is 17.3. The summed E-state index contributed by atoms with van der Waals surface area (Å²) in [6.07, 6.45) is 11.9. The summed E-state index contributed by atoms with van der Waals surface area (Å²) in [5.41, 5.74) is 2.70. The van der Waals surface area contributed by atoms with Gasteiger partial charge >= 0.3 is 11.9 Å². The number of carbonyl (C=O) groups is 3. The van der Waals surface area contributed by atoms with Crippen LogP contribution in [-0.4, -0.2) is 77.4 Å². The second kappa shape index (κ2) is 15.2. The highest BCUT2D eigenvalue weighted by molar-refractivity contribution is 6.00. The van der Waals surface area contributed by atoms with Gasteiger partial charge in [0, 0.05) is 42.6 Å². The van der Waals surface area contributed by atoms with Gasteiger partial charge in [-0.15, -0.1) is 0 Å². The number of carbonyl (C=O) groups excluding carboxylic acids is 2. The zero-order valence-corrected chi connectivity index (χ0v) is 37.1. The number of ether oxygens (including phenoxy) is 1. The Bertz CT molecular complexity index is 1680. The predicted octanol–water partition coefficient (Wildman–Crippen LogP) is 9.79. The molecule has 8 heteroatoms. The quantitative estimate of drug-likeness (QED) is 0.198. The van der Waals surface area contributed by atoms with Gasteiger partial charge in [-0.05, 0) is 157 Å². The minimum atomic E-state index is -1.15. The second-order valence-electron chi connectivity index (χ2n) is 21.7. The van der Waals surface area contributed by atoms with Crippen molar-refractivity contribution in [3.8, 4) is 0 Å². The van der Waals surface area contributed by atoms with E-state index in [2.05, 4.69) is 91.4 Å². The molecule has 1 aromatic rings. The Balaban J connectivity index is 1.27. The molecule has 0 bridgehead atoms. The molecule has 1 aromatic heterocycles. The number of hydrogen-bond donors (Lipinski definition) is 1. The molecule has 0 radical (unpaired) electrons. The van der Waals surface area contributed by atoms with Crippen LogP contribution in [0, 0.1) is 56.2 Å². The number of aliphatic carboxylic acids is 1. The number of allylic oxidation sites excluding steroid dienone is 2. The number of rotatable bonds is 13. The summed E-state index contributed by atoms with van der Waals surface area (Å²) in [4.78, 5) is 48.9. The lowest BCUT2D eigenvalue weighted by Crippen LogP contribution is -2.65. The summed E-state index contributed by atoms with van der Waals surface area (Å²) >= 11 is 0. The molecule has 4 saturated carbocycles. The van der Waals surface area contributed by atoms with Gasteiger partial charge in [0.15, 0.2) is 5.78 Å². The number of pyridine rings is 1. The third-order valence-electron chi connectivity index (χ3n) is 17.3. The molecule has 0 amide bonds. The van der Waals surface area contributed by atoms with Crippen LogP contribution in [0.2, 0.25) is 0 Å². The van der Waals surface area contributed by atoms with E-state index >= 15 is 0 Å². The Kier molecular flexibility index (Phi) is 11.7. The van der Waals surface area contributed by atoms with Crippen LogP contribution >= 0.6 is 0 Å². The highest BCUT2D eigenvalue weighted by atomic mass is 16.5. The number of likely N-dealkylation sites (N-methyl/N-ethyl adjacent to an activating group) is 1. The molecule has 6 rings (SSSR count). The van der Waals surface area contributed by atoms with Crippen LogP contribution in [0.25, 0.3) is 0 Å². The molecular weight excluding hydrogens is 699 g/mol. The van der Waals surface area contributed by atoms with Gasteiger partial charge in [-0.2, -0.15) is 0 Å². The van der Waals surface area contributed by atoms with Crippen molar-refractivity contribution in [2.45, 2.75) is 152 Å². The first-order valence-electron chi connectivity index (χ1n) is 22.0. The summed E-state index contributed by atoms with van der Waals surface area (Å²) in [5.74, 6) is 0.612. The standard InChI is InChI=1S/C48H75N3O5/c1-31(2)40-35(52)29-48(24-26-51(28-27-50(11)12)32(3)34-15-13-14-25-49-34)23-22-46(9)33(41(40)48)16-17-37-45(8)20-19-38(56-39(53)30-43(4,5)42(54)55)44(6,7)36(45)18-21-47(37,46)10/h13-15,25,31-33,36-38H,16-24,26-30H2,1-12H3,(H,54,55)/t32-,33+,36-,37+,38-,45-,46+,47?,48?/m0/s1. The first-order chi connectivity index (χ1) is 26.0. The highest BCUT2D eigenvalue weighted by Crippen LogP contribution is 2.77. The molecule has 2 unspecified atom stereocenters. The first-order valence-corrected chi connectivity index (χ1v) is 22.0. The molecule has 5 aliphatic carbocycles. The van der Waals surface area contributed by atoms with E-state index in [0.29, 0.717) is 30.0 Å². The van der Waals surface area contributed by atoms with Gasteiger partial charge < -0.3 is 14.7 Å². The molecule has 9 atom stereocenters. The monoisotopic (exact) mass is 774 g/mol. The fraction of sp³-hybridized carbons (Fsp3) is 0.792. The lowest BCUT2D eigenvalue weighted by molar-refractivity contribution is -0.233. The lowest BCUT2D eigenvalue weighted by atomic mass is 9.33. The van der Waals surface area contributed by atoms with E-state index in [1.807, 2.05) is 12.3 Å². The molecule has 56 heavy (non-hydrogen) atoms. The number of Topliss-reactive ketones (excluding diaryl/α,β-unsaturated/α-hetero) is 1. The van der Waals surface area contributed by atoms with E-state index in [4.69, 9.17) is 9.72 Å². The second-order valence-corrected chi connectivity index (χ2v) is 21.7. The van der Waals surface area contributed by atoms with E-state index in [1.165, 1.54) is 6.42 Å². The maximum absolute atomic E-state index is 14.3. The molecule has 1 N–H and O–H groups in total. The molecular formula is C48H75N3O5. The van der Waals surface area contributed by atoms with Crippen LogP contribution in [0.4, 0.5) is 0 Å². The highest BCUT2D eigenvalue weighted by Gasteiger charge is 2.70. The molecule has 5 aliphatic rings. The topological polar surface area (TPSA) is 100 Å². The number of carboxylic acids is 1. The lowest BCUT2D eigenvalue weighted by Gasteiger charge is -2.72. The number of aromatic nitrogens is 1. The number of esters is 1. The van der Waals surface area contributed by atoms with Crippen LogP contribution in [0.15, 0.2) is 35.5 Å². The SMILES string of the molecule is CC(C)C1=C2[C@H]3CC[C@H]4C(C)(CC[C@H]5C(C)(C)[C@@H](OC(=O)CC(C)(C)C(=O)O)CC[C@@]54C)[C@]3(C)CCC2(CCN(CCN(C)C)[C@@H](C)c2ccccn2)CC1=O. The Labute approximate surface area is 339 Å². The van der Waals surface area contributed by atoms with E-state index in [0.717, 1.165) is 82.3 Å². The first kappa shape index (κ1) is 43.0. The maximum atomic E-state index is 14.3.